The number of nitro groups is 1. The normalized spacial score (nSPS) is 21.9. The molecule has 17 heteroatoms. The minimum Gasteiger partial charge on any atom is -0.465 e. The number of piperidine rings is 1. The van der Waals surface area contributed by atoms with Gasteiger partial charge >= 0.3 is 5.97 Å². The summed E-state index contributed by atoms with van der Waals surface area (Å²) in [6.07, 6.45) is 1.61. The first kappa shape index (κ1) is 32.7. The van der Waals surface area contributed by atoms with Gasteiger partial charge in [0.15, 0.2) is 11.3 Å². The van der Waals surface area contributed by atoms with Crippen molar-refractivity contribution in [2.75, 3.05) is 33.4 Å². The Morgan fingerprint density at radius 2 is 1.93 bits per heavy atom. The number of guanidine groups is 1. The SMILES string of the molecule is CCOC1[C@@H](NC(=O)CN2CCCC[C@H](NS(=O)(=O)Cc3ccccc3C(=O)OC)C2=O)CCCN1/C(N)=N/[N+](=O)[O-]. The zero-order valence-electron chi connectivity index (χ0n) is 23.6. The molecule has 1 aromatic carbocycles. The van der Waals surface area contributed by atoms with E-state index in [-0.39, 0.29) is 43.2 Å². The number of carbonyl (C=O) groups excluding carboxylic acids is 3. The van der Waals surface area contributed by atoms with Gasteiger partial charge in [0.1, 0.15) is 11.1 Å². The van der Waals surface area contributed by atoms with Crippen molar-refractivity contribution >= 4 is 33.8 Å². The summed E-state index contributed by atoms with van der Waals surface area (Å²) in [5, 5.41) is 15.9. The number of likely N-dealkylation sites (tertiary alicyclic amines) is 2. The number of rotatable bonds is 11. The third-order valence-electron chi connectivity index (χ3n) is 6.93. The predicted octanol–water partition coefficient (Wildman–Crippen LogP) is -0.277. The molecule has 0 aromatic heterocycles. The quantitative estimate of drug-likeness (QED) is 0.0972. The number of amides is 2. The van der Waals surface area contributed by atoms with E-state index < -0.39 is 56.9 Å². The fourth-order valence-electron chi connectivity index (χ4n) is 5.09. The maximum Gasteiger partial charge on any atom is 0.338 e. The van der Waals surface area contributed by atoms with Crippen LogP contribution in [0.4, 0.5) is 0 Å². The first-order valence-corrected chi connectivity index (χ1v) is 15.2. The molecule has 2 heterocycles. The molecular weight excluding hydrogens is 574 g/mol. The largest absolute Gasteiger partial charge is 0.465 e. The van der Waals surface area contributed by atoms with Gasteiger partial charge in [-0.25, -0.2) is 28.0 Å². The minimum absolute atomic E-state index is 0.105. The number of sulfonamides is 1. The van der Waals surface area contributed by atoms with Crippen molar-refractivity contribution in [1.82, 2.24) is 19.8 Å². The second kappa shape index (κ2) is 14.9. The summed E-state index contributed by atoms with van der Waals surface area (Å²) in [5.41, 5.74) is 6.13. The molecular formula is C25H37N7O9S. The third-order valence-corrected chi connectivity index (χ3v) is 8.27. The lowest BCUT2D eigenvalue weighted by Crippen LogP contribution is -2.61. The molecule has 1 aromatic rings. The molecule has 3 rings (SSSR count). The van der Waals surface area contributed by atoms with Crippen LogP contribution in [-0.2, 0) is 34.8 Å². The summed E-state index contributed by atoms with van der Waals surface area (Å²) in [7, 11) is -2.86. The molecule has 4 N–H and O–H groups in total. The smallest absolute Gasteiger partial charge is 0.338 e. The van der Waals surface area contributed by atoms with Gasteiger partial charge in [-0.05, 0) is 50.7 Å². The number of hydrogen-bond acceptors (Lipinski definition) is 9. The van der Waals surface area contributed by atoms with E-state index in [4.69, 9.17) is 15.2 Å². The van der Waals surface area contributed by atoms with Crippen LogP contribution in [0.1, 0.15) is 54.9 Å². The molecule has 42 heavy (non-hydrogen) atoms. The molecule has 0 bridgehead atoms. The standard InChI is InChI=1S/C25H37N7O9S/c1-3-41-23-20(12-8-14-31(23)25(26)28-32(36)37)27-21(33)15-30-13-7-6-11-19(22(30)34)29-42(38,39)16-17-9-4-5-10-18(17)24(35)40-2/h4-5,9-10,19-20,23,29H,3,6-8,11-16H2,1-2H3,(H2,26,28)(H,27,33)/t19-,20-,23?/m0/s1. The molecule has 2 amide bonds. The Hall–Kier alpha value is -3.83. The molecule has 0 spiro atoms. The highest BCUT2D eigenvalue weighted by Crippen LogP contribution is 2.20. The van der Waals surface area contributed by atoms with Crippen LogP contribution in [0, 0.1) is 10.1 Å². The van der Waals surface area contributed by atoms with Gasteiger partial charge in [-0.2, -0.15) is 0 Å². The lowest BCUT2D eigenvalue weighted by atomic mass is 10.0. The number of carbonyl (C=O) groups is 3. The van der Waals surface area contributed by atoms with Gasteiger partial charge in [-0.1, -0.05) is 18.2 Å². The number of benzene rings is 1. The van der Waals surface area contributed by atoms with Crippen LogP contribution in [0.3, 0.4) is 0 Å². The molecule has 0 aliphatic carbocycles. The second-order valence-corrected chi connectivity index (χ2v) is 11.6. The Labute approximate surface area is 243 Å². The molecule has 2 saturated heterocycles. The van der Waals surface area contributed by atoms with Crippen LogP contribution in [-0.4, -0.2) is 98.7 Å². The van der Waals surface area contributed by atoms with E-state index in [9.17, 15) is 32.9 Å². The fourth-order valence-corrected chi connectivity index (χ4v) is 6.49. The van der Waals surface area contributed by atoms with Gasteiger partial charge in [0.05, 0.1) is 31.0 Å². The lowest BCUT2D eigenvalue weighted by Gasteiger charge is -2.40. The van der Waals surface area contributed by atoms with Crippen LogP contribution >= 0.6 is 0 Å². The maximum atomic E-state index is 13.4. The zero-order valence-corrected chi connectivity index (χ0v) is 24.4. The van der Waals surface area contributed by atoms with E-state index in [0.29, 0.717) is 32.2 Å². The van der Waals surface area contributed by atoms with E-state index in [1.54, 1.807) is 19.1 Å². The number of methoxy groups -OCH3 is 1. The van der Waals surface area contributed by atoms with Crippen molar-refractivity contribution in [3.05, 3.63) is 45.5 Å². The number of nitrogens with two attached hydrogens (primary N) is 1. The number of hydrogen-bond donors (Lipinski definition) is 3. The number of ether oxygens (including phenoxy) is 2. The fraction of sp³-hybridized carbons (Fsp3) is 0.600. The van der Waals surface area contributed by atoms with Crippen molar-refractivity contribution < 1.29 is 37.3 Å². The van der Waals surface area contributed by atoms with Gasteiger partial charge in [0.2, 0.25) is 21.8 Å². The number of nitrogens with zero attached hydrogens (tertiary/aromatic N) is 4. The number of nitrogens with one attached hydrogen (secondary N) is 2. The Morgan fingerprint density at radius 3 is 2.62 bits per heavy atom. The predicted molar refractivity (Wildman–Crippen MR) is 150 cm³/mol. The topological polar surface area (TPSA) is 216 Å². The maximum absolute atomic E-state index is 13.4. The molecule has 16 nitrogen and oxygen atoms in total. The highest BCUT2D eigenvalue weighted by atomic mass is 32.2. The van der Waals surface area contributed by atoms with E-state index in [2.05, 4.69) is 15.1 Å². The zero-order chi connectivity index (χ0) is 30.9. The summed E-state index contributed by atoms with van der Waals surface area (Å²) >= 11 is 0. The van der Waals surface area contributed by atoms with Crippen LogP contribution in [0.2, 0.25) is 0 Å². The summed E-state index contributed by atoms with van der Waals surface area (Å²) in [6, 6.07) is 4.46. The van der Waals surface area contributed by atoms with Gasteiger partial charge in [0, 0.05) is 19.7 Å². The van der Waals surface area contributed by atoms with Crippen molar-refractivity contribution in [3.8, 4) is 0 Å². The summed E-state index contributed by atoms with van der Waals surface area (Å²) in [4.78, 5) is 52.0. The molecule has 2 aliphatic rings. The van der Waals surface area contributed by atoms with Crippen molar-refractivity contribution in [2.24, 2.45) is 10.8 Å². The molecule has 232 valence electrons. The lowest BCUT2D eigenvalue weighted by molar-refractivity contribution is -0.486. The van der Waals surface area contributed by atoms with E-state index in [0.717, 1.165) is 0 Å². The number of esters is 1. The first-order chi connectivity index (χ1) is 20.0. The molecule has 0 radical (unpaired) electrons. The third kappa shape index (κ3) is 8.83. The van der Waals surface area contributed by atoms with E-state index >= 15 is 0 Å². The Bertz CT molecular complexity index is 1290. The molecule has 3 atom stereocenters. The van der Waals surface area contributed by atoms with E-state index in [1.165, 1.54) is 29.0 Å². The van der Waals surface area contributed by atoms with Crippen molar-refractivity contribution in [2.45, 2.75) is 63.1 Å². The van der Waals surface area contributed by atoms with Crippen LogP contribution in [0.5, 0.6) is 0 Å². The monoisotopic (exact) mass is 611 g/mol. The number of hydrazone groups is 1. The molecule has 2 fully saturated rings. The summed E-state index contributed by atoms with van der Waals surface area (Å²) in [6.45, 7) is 2.25. The highest BCUT2D eigenvalue weighted by Gasteiger charge is 2.37. The Kier molecular flexibility index (Phi) is 11.6. The summed E-state index contributed by atoms with van der Waals surface area (Å²) < 4.78 is 39.0. The van der Waals surface area contributed by atoms with Crippen LogP contribution in [0.15, 0.2) is 29.4 Å². The molecule has 2 aliphatic heterocycles. The van der Waals surface area contributed by atoms with Crippen LogP contribution < -0.4 is 15.8 Å². The van der Waals surface area contributed by atoms with Crippen molar-refractivity contribution in [3.63, 3.8) is 0 Å². The van der Waals surface area contributed by atoms with Crippen molar-refractivity contribution in [1.29, 1.82) is 0 Å². The van der Waals surface area contributed by atoms with Gasteiger partial charge in [0.25, 0.3) is 5.96 Å². The van der Waals surface area contributed by atoms with Gasteiger partial charge in [-0.15, -0.1) is 0 Å². The van der Waals surface area contributed by atoms with Crippen LogP contribution in [0.25, 0.3) is 0 Å². The average Bonchev–Trinajstić information content (AvgIpc) is 3.09. The minimum atomic E-state index is -4.06. The second-order valence-electron chi connectivity index (χ2n) is 9.89. The van der Waals surface area contributed by atoms with Gasteiger partial charge in [-0.3, -0.25) is 9.59 Å². The Morgan fingerprint density at radius 1 is 1.19 bits per heavy atom. The summed E-state index contributed by atoms with van der Waals surface area (Å²) in [5.74, 6) is -2.60. The molecule has 0 saturated carbocycles. The van der Waals surface area contributed by atoms with Gasteiger partial charge < -0.3 is 30.3 Å². The van der Waals surface area contributed by atoms with E-state index in [1.807, 2.05) is 0 Å². The highest BCUT2D eigenvalue weighted by molar-refractivity contribution is 7.88. The molecule has 1 unspecified atom stereocenters. The average molecular weight is 612 g/mol. The first-order valence-electron chi connectivity index (χ1n) is 13.6. The Balaban J connectivity index is 1.67.